The molecule has 0 bridgehead atoms. The first-order valence-corrected chi connectivity index (χ1v) is 9.05. The Morgan fingerprint density at radius 2 is 2.04 bits per heavy atom. The summed E-state index contributed by atoms with van der Waals surface area (Å²) in [5.74, 6) is -0.434. The highest BCUT2D eigenvalue weighted by atomic mass is 32.1. The van der Waals surface area contributed by atoms with Gasteiger partial charge in [0, 0.05) is 30.6 Å². The molecule has 0 spiro atoms. The average Bonchev–Trinajstić information content (AvgIpc) is 3.20. The van der Waals surface area contributed by atoms with Crippen molar-refractivity contribution in [3.63, 3.8) is 0 Å². The molecule has 0 aliphatic heterocycles. The summed E-state index contributed by atoms with van der Waals surface area (Å²) in [6, 6.07) is 6.81. The number of alkyl halides is 3. The van der Waals surface area contributed by atoms with Crippen LogP contribution in [0.2, 0.25) is 0 Å². The predicted molar refractivity (Wildman–Crippen MR) is 98.1 cm³/mol. The molecule has 0 amide bonds. The first-order valence-electron chi connectivity index (χ1n) is 8.17. The topological polar surface area (TPSA) is 55.9 Å². The van der Waals surface area contributed by atoms with E-state index in [4.69, 9.17) is 5.73 Å². The smallest absolute Gasteiger partial charge is 0.373 e. The third-order valence-electron chi connectivity index (χ3n) is 4.19. The number of nitrogens with two attached hydrogens (primary N) is 1. The van der Waals surface area contributed by atoms with Crippen LogP contribution in [0.15, 0.2) is 41.9 Å². The van der Waals surface area contributed by atoms with Crippen LogP contribution in [0.25, 0.3) is 11.3 Å². The van der Waals surface area contributed by atoms with E-state index in [0.29, 0.717) is 16.3 Å². The summed E-state index contributed by atoms with van der Waals surface area (Å²) >= 11 is 1.33. The van der Waals surface area contributed by atoms with Crippen LogP contribution in [0.3, 0.4) is 0 Å². The lowest BCUT2D eigenvalue weighted by atomic mass is 10.00. The van der Waals surface area contributed by atoms with Gasteiger partial charge in [-0.1, -0.05) is 18.2 Å². The van der Waals surface area contributed by atoms with Crippen molar-refractivity contribution >= 4 is 16.3 Å². The summed E-state index contributed by atoms with van der Waals surface area (Å²) in [6.07, 6.45) is -3.15. The van der Waals surface area contributed by atoms with Crippen LogP contribution in [0.1, 0.15) is 11.1 Å². The largest absolute Gasteiger partial charge is 0.416 e. The van der Waals surface area contributed by atoms with E-state index in [1.54, 1.807) is 24.6 Å². The first-order chi connectivity index (χ1) is 12.8. The maximum Gasteiger partial charge on any atom is 0.416 e. The van der Waals surface area contributed by atoms with Gasteiger partial charge in [-0.05, 0) is 24.1 Å². The molecule has 3 rings (SSSR count). The van der Waals surface area contributed by atoms with Gasteiger partial charge in [-0.15, -0.1) is 11.3 Å². The Labute approximate surface area is 157 Å². The molecule has 1 atom stereocenters. The zero-order valence-electron chi connectivity index (χ0n) is 14.4. The molecule has 0 fully saturated rings. The second-order valence-corrected chi connectivity index (χ2v) is 7.01. The number of aryl methyl sites for hydroxylation is 1. The van der Waals surface area contributed by atoms with Gasteiger partial charge < -0.3 is 11.1 Å². The van der Waals surface area contributed by atoms with E-state index < -0.39 is 23.6 Å². The molecule has 0 saturated carbocycles. The molecule has 144 valence electrons. The predicted octanol–water partition coefficient (Wildman–Crippen LogP) is 4.29. The van der Waals surface area contributed by atoms with Crippen molar-refractivity contribution in [1.29, 1.82) is 0 Å². The number of aromatic nitrogens is 2. The van der Waals surface area contributed by atoms with Gasteiger partial charge in [0.25, 0.3) is 0 Å². The fourth-order valence-corrected chi connectivity index (χ4v) is 3.77. The number of anilines is 1. The third kappa shape index (κ3) is 4.30. The molecule has 0 saturated heterocycles. The number of rotatable bonds is 6. The van der Waals surface area contributed by atoms with E-state index >= 15 is 0 Å². The first kappa shape index (κ1) is 19.4. The Kier molecular flexibility index (Phi) is 5.52. The van der Waals surface area contributed by atoms with Gasteiger partial charge in [0.1, 0.15) is 5.69 Å². The molecule has 0 aliphatic carbocycles. The summed E-state index contributed by atoms with van der Waals surface area (Å²) in [5, 5.41) is 9.48. The lowest BCUT2D eigenvalue weighted by Crippen LogP contribution is -2.31. The van der Waals surface area contributed by atoms with E-state index in [9.17, 15) is 17.6 Å². The van der Waals surface area contributed by atoms with Gasteiger partial charge in [0.05, 0.1) is 16.8 Å². The third-order valence-corrected chi connectivity index (χ3v) is 5.05. The summed E-state index contributed by atoms with van der Waals surface area (Å²) in [7, 11) is 1.64. The van der Waals surface area contributed by atoms with Crippen LogP contribution in [-0.2, 0) is 19.6 Å². The molecule has 2 heterocycles. The van der Waals surface area contributed by atoms with E-state index in [-0.39, 0.29) is 18.5 Å². The van der Waals surface area contributed by atoms with Gasteiger partial charge in [-0.2, -0.15) is 18.3 Å². The number of nitrogens with zero attached hydrogens (tertiary/aromatic N) is 2. The van der Waals surface area contributed by atoms with E-state index in [0.717, 1.165) is 12.3 Å². The van der Waals surface area contributed by atoms with Crippen molar-refractivity contribution in [2.24, 2.45) is 12.8 Å². The highest BCUT2D eigenvalue weighted by Gasteiger charge is 2.33. The monoisotopic (exact) mass is 398 g/mol. The Balaban J connectivity index is 1.78. The van der Waals surface area contributed by atoms with Gasteiger partial charge >= 0.3 is 6.18 Å². The number of benzene rings is 1. The minimum Gasteiger partial charge on any atom is -0.373 e. The second-order valence-electron chi connectivity index (χ2n) is 6.10. The maximum absolute atomic E-state index is 13.9. The van der Waals surface area contributed by atoms with Crippen LogP contribution >= 0.6 is 11.3 Å². The van der Waals surface area contributed by atoms with E-state index in [1.807, 2.05) is 0 Å². The average molecular weight is 398 g/mol. The summed E-state index contributed by atoms with van der Waals surface area (Å²) in [6.45, 7) is 0.152. The fraction of sp³-hybridized carbons (Fsp3) is 0.278. The van der Waals surface area contributed by atoms with Crippen LogP contribution in [0, 0.1) is 5.82 Å². The molecule has 1 aromatic carbocycles. The SMILES string of the molecule is Cn1ncc(F)c1-c1csc(N[C@H](CN)Cc2ccccc2C(F)(F)F)c1. The zero-order valence-corrected chi connectivity index (χ0v) is 15.2. The molecular weight excluding hydrogens is 380 g/mol. The number of hydrogen-bond donors (Lipinski definition) is 2. The molecule has 9 heteroatoms. The fourth-order valence-electron chi connectivity index (χ4n) is 2.91. The number of hydrogen-bond acceptors (Lipinski definition) is 4. The Hall–Kier alpha value is -2.39. The van der Waals surface area contributed by atoms with Crippen molar-refractivity contribution in [3.05, 3.63) is 58.9 Å². The van der Waals surface area contributed by atoms with Crippen molar-refractivity contribution < 1.29 is 17.6 Å². The lowest BCUT2D eigenvalue weighted by Gasteiger charge is -2.19. The zero-order chi connectivity index (χ0) is 19.6. The molecule has 2 aromatic heterocycles. The van der Waals surface area contributed by atoms with Gasteiger partial charge in [-0.25, -0.2) is 4.39 Å². The second kappa shape index (κ2) is 7.69. The van der Waals surface area contributed by atoms with Crippen molar-refractivity contribution in [2.45, 2.75) is 18.6 Å². The molecule has 0 radical (unpaired) electrons. The molecule has 4 nitrogen and oxygen atoms in total. The normalized spacial score (nSPS) is 13.0. The Morgan fingerprint density at radius 3 is 2.67 bits per heavy atom. The van der Waals surface area contributed by atoms with Crippen LogP contribution in [0.5, 0.6) is 0 Å². The van der Waals surface area contributed by atoms with E-state index in [2.05, 4.69) is 10.4 Å². The van der Waals surface area contributed by atoms with Crippen LogP contribution in [-0.4, -0.2) is 22.4 Å². The highest BCUT2D eigenvalue weighted by molar-refractivity contribution is 7.14. The molecule has 0 unspecified atom stereocenters. The number of thiophene rings is 1. The number of nitrogens with one attached hydrogen (secondary N) is 1. The minimum atomic E-state index is -4.41. The van der Waals surface area contributed by atoms with Gasteiger partial charge in [0.2, 0.25) is 0 Å². The molecule has 0 aliphatic rings. The van der Waals surface area contributed by atoms with Crippen molar-refractivity contribution in [3.8, 4) is 11.3 Å². The molecule has 27 heavy (non-hydrogen) atoms. The van der Waals surface area contributed by atoms with Crippen molar-refractivity contribution in [1.82, 2.24) is 9.78 Å². The van der Waals surface area contributed by atoms with Crippen LogP contribution in [0.4, 0.5) is 22.6 Å². The molecular formula is C18H18F4N4S. The highest BCUT2D eigenvalue weighted by Crippen LogP contribution is 2.33. The maximum atomic E-state index is 13.9. The summed E-state index contributed by atoms with van der Waals surface area (Å²) in [5.41, 5.74) is 6.29. The lowest BCUT2D eigenvalue weighted by molar-refractivity contribution is -0.138. The van der Waals surface area contributed by atoms with Crippen molar-refractivity contribution in [2.75, 3.05) is 11.9 Å². The quantitative estimate of drug-likeness (QED) is 0.609. The summed E-state index contributed by atoms with van der Waals surface area (Å²) in [4.78, 5) is 0. The number of halogens is 4. The molecule has 3 N–H and O–H groups in total. The standard InChI is InChI=1S/C18H18F4N4S/c1-26-17(15(19)9-24-26)12-7-16(27-10-12)25-13(8-23)6-11-4-2-3-5-14(11)18(20,21)22/h2-5,7,9-10,13,25H,6,8,23H2,1H3/t13-/m0/s1. The van der Waals surface area contributed by atoms with Crippen LogP contribution < -0.4 is 11.1 Å². The van der Waals surface area contributed by atoms with Gasteiger partial charge in [-0.3, -0.25) is 4.68 Å². The molecule has 3 aromatic rings. The summed E-state index contributed by atoms with van der Waals surface area (Å²) < 4.78 is 54.8. The Bertz CT molecular complexity index is 897. The van der Waals surface area contributed by atoms with Gasteiger partial charge in [0.15, 0.2) is 5.82 Å². The van der Waals surface area contributed by atoms with E-state index in [1.165, 1.54) is 28.2 Å². The Morgan fingerprint density at radius 1 is 1.30 bits per heavy atom. The minimum absolute atomic E-state index is 0.124.